The van der Waals surface area contributed by atoms with E-state index in [-0.39, 0.29) is 0 Å². The molecule has 1 fully saturated rings. The molecular formula is C18H28N2O. The molecule has 1 saturated heterocycles. The van der Waals surface area contributed by atoms with Crippen LogP contribution in [0.4, 0.5) is 0 Å². The molecule has 1 heterocycles. The van der Waals surface area contributed by atoms with E-state index in [0.29, 0.717) is 0 Å². The van der Waals surface area contributed by atoms with E-state index in [0.717, 1.165) is 37.4 Å². The molecule has 0 spiro atoms. The second-order valence-electron chi connectivity index (χ2n) is 6.88. The van der Waals surface area contributed by atoms with Crippen molar-refractivity contribution in [3.05, 3.63) is 35.9 Å². The van der Waals surface area contributed by atoms with E-state index < -0.39 is 5.41 Å². The first kappa shape index (κ1) is 16.2. The van der Waals surface area contributed by atoms with Crippen LogP contribution in [0.1, 0.15) is 25.3 Å². The van der Waals surface area contributed by atoms with Crippen LogP contribution in [0, 0.1) is 5.92 Å². The molecule has 1 aromatic rings. The fraction of sp³-hybridized carbons (Fsp3) is 0.611. The van der Waals surface area contributed by atoms with Crippen molar-refractivity contribution in [1.82, 2.24) is 9.80 Å². The predicted octanol–water partition coefficient (Wildman–Crippen LogP) is 2.42. The van der Waals surface area contributed by atoms with Crippen LogP contribution < -0.4 is 0 Å². The highest BCUT2D eigenvalue weighted by Gasteiger charge is 2.30. The molecule has 0 bridgehead atoms. The Morgan fingerprint density at radius 2 is 1.86 bits per heavy atom. The summed E-state index contributed by atoms with van der Waals surface area (Å²) in [6.07, 6.45) is 3.60. The number of carbonyl (C=O) groups is 1. The second-order valence-corrected chi connectivity index (χ2v) is 6.88. The Balaban J connectivity index is 1.93. The molecule has 0 amide bonds. The van der Waals surface area contributed by atoms with Gasteiger partial charge in [-0.25, -0.2) is 0 Å². The minimum absolute atomic E-state index is 0.393. The van der Waals surface area contributed by atoms with Gasteiger partial charge < -0.3 is 14.6 Å². The highest BCUT2D eigenvalue weighted by molar-refractivity contribution is 5.68. The van der Waals surface area contributed by atoms with Gasteiger partial charge in [-0.3, -0.25) is 0 Å². The minimum Gasteiger partial charge on any atom is -0.309 e. The van der Waals surface area contributed by atoms with Gasteiger partial charge in [0, 0.05) is 13.1 Å². The summed E-state index contributed by atoms with van der Waals surface area (Å²) in [4.78, 5) is 16.4. The Labute approximate surface area is 128 Å². The van der Waals surface area contributed by atoms with Crippen molar-refractivity contribution in [3.63, 3.8) is 0 Å². The minimum atomic E-state index is -0.393. The number of rotatable bonds is 6. The molecule has 1 aliphatic rings. The Morgan fingerprint density at radius 1 is 1.24 bits per heavy atom. The summed E-state index contributed by atoms with van der Waals surface area (Å²) in [5, 5.41) is 0. The predicted molar refractivity (Wildman–Crippen MR) is 87.6 cm³/mol. The van der Waals surface area contributed by atoms with E-state index in [2.05, 4.69) is 43.0 Å². The van der Waals surface area contributed by atoms with Crippen LogP contribution in [-0.2, 0) is 10.2 Å². The standard InChI is InChI=1S/C18H28N2O/c1-18(15-21,17-7-5-4-6-8-17)14-20-11-9-16(10-12-20)13-19(2)3/h4-8,15-16H,9-14H2,1-3H3. The van der Waals surface area contributed by atoms with E-state index in [1.807, 2.05) is 18.2 Å². The maximum Gasteiger partial charge on any atom is 0.131 e. The maximum absolute atomic E-state index is 11.7. The first-order valence-electron chi connectivity index (χ1n) is 7.92. The lowest BCUT2D eigenvalue weighted by molar-refractivity contribution is -0.112. The zero-order valence-corrected chi connectivity index (χ0v) is 13.6. The quantitative estimate of drug-likeness (QED) is 0.751. The number of carbonyl (C=O) groups excluding carboxylic acids is 1. The molecule has 0 aliphatic carbocycles. The van der Waals surface area contributed by atoms with Crippen molar-refractivity contribution in [1.29, 1.82) is 0 Å². The molecule has 116 valence electrons. The lowest BCUT2D eigenvalue weighted by Gasteiger charge is -2.37. The molecule has 1 unspecified atom stereocenters. The Bertz CT molecular complexity index is 438. The van der Waals surface area contributed by atoms with E-state index >= 15 is 0 Å². The van der Waals surface area contributed by atoms with Crippen LogP contribution >= 0.6 is 0 Å². The molecule has 1 aliphatic heterocycles. The van der Waals surface area contributed by atoms with Crippen LogP contribution in [-0.4, -0.2) is 56.4 Å². The number of benzene rings is 1. The van der Waals surface area contributed by atoms with Crippen LogP contribution in [0.5, 0.6) is 0 Å². The molecule has 2 rings (SSSR count). The fourth-order valence-corrected chi connectivity index (χ4v) is 3.32. The summed E-state index contributed by atoms with van der Waals surface area (Å²) >= 11 is 0. The topological polar surface area (TPSA) is 23.6 Å². The first-order valence-corrected chi connectivity index (χ1v) is 7.92. The third kappa shape index (κ3) is 4.39. The summed E-state index contributed by atoms with van der Waals surface area (Å²) in [6, 6.07) is 10.2. The Morgan fingerprint density at radius 3 is 2.38 bits per heavy atom. The van der Waals surface area contributed by atoms with Crippen molar-refractivity contribution in [2.24, 2.45) is 5.92 Å². The summed E-state index contributed by atoms with van der Waals surface area (Å²) in [5.41, 5.74) is 0.728. The summed E-state index contributed by atoms with van der Waals surface area (Å²) in [7, 11) is 4.29. The number of hydrogen-bond donors (Lipinski definition) is 0. The highest BCUT2D eigenvalue weighted by Crippen LogP contribution is 2.25. The van der Waals surface area contributed by atoms with Gasteiger partial charge in [0.1, 0.15) is 6.29 Å². The van der Waals surface area contributed by atoms with Crippen molar-refractivity contribution in [2.45, 2.75) is 25.2 Å². The smallest absolute Gasteiger partial charge is 0.131 e. The maximum atomic E-state index is 11.7. The zero-order valence-electron chi connectivity index (χ0n) is 13.6. The van der Waals surface area contributed by atoms with Gasteiger partial charge in [-0.05, 0) is 58.4 Å². The van der Waals surface area contributed by atoms with Gasteiger partial charge in [-0.15, -0.1) is 0 Å². The van der Waals surface area contributed by atoms with Crippen molar-refractivity contribution >= 4 is 6.29 Å². The van der Waals surface area contributed by atoms with E-state index in [9.17, 15) is 4.79 Å². The normalized spacial score (nSPS) is 20.4. The highest BCUT2D eigenvalue weighted by atomic mass is 16.1. The molecular weight excluding hydrogens is 260 g/mol. The van der Waals surface area contributed by atoms with Gasteiger partial charge >= 0.3 is 0 Å². The van der Waals surface area contributed by atoms with E-state index in [1.54, 1.807) is 0 Å². The third-order valence-electron chi connectivity index (χ3n) is 4.58. The van der Waals surface area contributed by atoms with Gasteiger partial charge in [0.25, 0.3) is 0 Å². The molecule has 0 saturated carbocycles. The second kappa shape index (κ2) is 7.19. The lowest BCUT2D eigenvalue weighted by atomic mass is 9.82. The van der Waals surface area contributed by atoms with Gasteiger partial charge in [0.15, 0.2) is 0 Å². The van der Waals surface area contributed by atoms with Crippen LogP contribution in [0.15, 0.2) is 30.3 Å². The monoisotopic (exact) mass is 288 g/mol. The van der Waals surface area contributed by atoms with Crippen molar-refractivity contribution in [2.75, 3.05) is 40.3 Å². The Hall–Kier alpha value is -1.19. The number of likely N-dealkylation sites (tertiary alicyclic amines) is 1. The van der Waals surface area contributed by atoms with Crippen LogP contribution in [0.3, 0.4) is 0 Å². The summed E-state index contributed by atoms with van der Waals surface area (Å²) < 4.78 is 0. The molecule has 0 aromatic heterocycles. The molecule has 3 nitrogen and oxygen atoms in total. The van der Waals surface area contributed by atoms with Gasteiger partial charge in [-0.2, -0.15) is 0 Å². The summed E-state index contributed by atoms with van der Waals surface area (Å²) in [6.45, 7) is 6.28. The number of aldehydes is 1. The molecule has 0 N–H and O–H groups in total. The number of piperidine rings is 1. The van der Waals surface area contributed by atoms with Crippen molar-refractivity contribution < 1.29 is 4.79 Å². The number of hydrogen-bond acceptors (Lipinski definition) is 3. The average Bonchev–Trinajstić information content (AvgIpc) is 2.49. The first-order chi connectivity index (χ1) is 10.0. The van der Waals surface area contributed by atoms with Crippen LogP contribution in [0.25, 0.3) is 0 Å². The van der Waals surface area contributed by atoms with E-state index in [1.165, 1.54) is 19.4 Å². The lowest BCUT2D eigenvalue weighted by Crippen LogP contribution is -2.45. The average molecular weight is 288 g/mol. The van der Waals surface area contributed by atoms with E-state index in [4.69, 9.17) is 0 Å². The van der Waals surface area contributed by atoms with Gasteiger partial charge in [0.05, 0.1) is 5.41 Å². The molecule has 1 aromatic carbocycles. The fourth-order valence-electron chi connectivity index (χ4n) is 3.32. The summed E-state index contributed by atoms with van der Waals surface area (Å²) in [5.74, 6) is 0.801. The SMILES string of the molecule is CN(C)CC1CCN(CC(C)(C=O)c2ccccc2)CC1. The third-order valence-corrected chi connectivity index (χ3v) is 4.58. The number of nitrogens with zero attached hydrogens (tertiary/aromatic N) is 2. The molecule has 3 heteroatoms. The van der Waals surface area contributed by atoms with Gasteiger partial charge in [0.2, 0.25) is 0 Å². The van der Waals surface area contributed by atoms with Crippen molar-refractivity contribution in [3.8, 4) is 0 Å². The molecule has 0 radical (unpaired) electrons. The molecule has 1 atom stereocenters. The van der Waals surface area contributed by atoms with Crippen LogP contribution in [0.2, 0.25) is 0 Å². The van der Waals surface area contributed by atoms with Gasteiger partial charge in [-0.1, -0.05) is 30.3 Å². The molecule has 21 heavy (non-hydrogen) atoms. The largest absolute Gasteiger partial charge is 0.309 e. The zero-order chi connectivity index (χ0) is 15.3. The Kier molecular flexibility index (Phi) is 5.54.